The fourth-order valence-electron chi connectivity index (χ4n) is 1.98. The molecule has 0 aliphatic heterocycles. The van der Waals surface area contributed by atoms with E-state index in [1.54, 1.807) is 0 Å². The zero-order valence-electron chi connectivity index (χ0n) is 10.6. The summed E-state index contributed by atoms with van der Waals surface area (Å²) >= 11 is 0. The summed E-state index contributed by atoms with van der Waals surface area (Å²) in [5, 5.41) is 7.87. The summed E-state index contributed by atoms with van der Waals surface area (Å²) < 4.78 is 7.20. The van der Waals surface area contributed by atoms with E-state index in [0.717, 1.165) is 24.4 Å². The van der Waals surface area contributed by atoms with Crippen LogP contribution in [0.1, 0.15) is 30.0 Å². The van der Waals surface area contributed by atoms with Crippen LogP contribution in [0.4, 0.5) is 0 Å². The van der Waals surface area contributed by atoms with Crippen molar-refractivity contribution in [2.24, 2.45) is 7.05 Å². The zero-order valence-corrected chi connectivity index (χ0v) is 10.6. The van der Waals surface area contributed by atoms with Crippen LogP contribution in [-0.4, -0.2) is 16.3 Å². The molecule has 2 heterocycles. The van der Waals surface area contributed by atoms with E-state index >= 15 is 0 Å². The van der Waals surface area contributed by atoms with Gasteiger partial charge in [-0.2, -0.15) is 5.10 Å². The number of likely N-dealkylation sites (N-methyl/N-ethyl adjacent to an activating group) is 1. The van der Waals surface area contributed by atoms with Crippen molar-refractivity contribution in [2.45, 2.75) is 26.3 Å². The maximum absolute atomic E-state index is 5.37. The molecule has 0 saturated carbocycles. The fraction of sp³-hybridized carbons (Fsp3) is 0.462. The third kappa shape index (κ3) is 2.97. The predicted molar refractivity (Wildman–Crippen MR) is 66.8 cm³/mol. The van der Waals surface area contributed by atoms with Crippen LogP contribution in [0.25, 0.3) is 0 Å². The number of furan rings is 1. The molecule has 0 bridgehead atoms. The van der Waals surface area contributed by atoms with Crippen LogP contribution < -0.4 is 5.32 Å². The standard InChI is InChI=1S/C13H19N3O/c1-4-14-13(11-7-10(2)17-9-11)8-12-5-6-16(3)15-12/h5-7,9,13-14H,4,8H2,1-3H3. The van der Waals surface area contributed by atoms with Crippen molar-refractivity contribution in [1.29, 1.82) is 0 Å². The van der Waals surface area contributed by atoms with E-state index in [1.807, 2.05) is 31.1 Å². The Morgan fingerprint density at radius 3 is 2.88 bits per heavy atom. The minimum absolute atomic E-state index is 0.271. The number of hydrogen-bond acceptors (Lipinski definition) is 3. The van der Waals surface area contributed by atoms with E-state index in [4.69, 9.17) is 4.42 Å². The molecule has 4 nitrogen and oxygen atoms in total. The van der Waals surface area contributed by atoms with Crippen LogP contribution in [0.3, 0.4) is 0 Å². The quantitative estimate of drug-likeness (QED) is 0.861. The Morgan fingerprint density at radius 1 is 1.53 bits per heavy atom. The smallest absolute Gasteiger partial charge is 0.101 e. The third-order valence-corrected chi connectivity index (χ3v) is 2.79. The van der Waals surface area contributed by atoms with E-state index in [9.17, 15) is 0 Å². The highest BCUT2D eigenvalue weighted by Crippen LogP contribution is 2.19. The van der Waals surface area contributed by atoms with E-state index in [0.29, 0.717) is 0 Å². The Labute approximate surface area is 102 Å². The van der Waals surface area contributed by atoms with Crippen LogP contribution in [0, 0.1) is 6.92 Å². The monoisotopic (exact) mass is 233 g/mol. The molecule has 0 saturated heterocycles. The van der Waals surface area contributed by atoms with Crippen molar-refractivity contribution in [3.8, 4) is 0 Å². The molecule has 0 amide bonds. The van der Waals surface area contributed by atoms with Gasteiger partial charge in [0.15, 0.2) is 0 Å². The second-order valence-electron chi connectivity index (χ2n) is 4.29. The average molecular weight is 233 g/mol. The van der Waals surface area contributed by atoms with E-state index < -0.39 is 0 Å². The van der Waals surface area contributed by atoms with Gasteiger partial charge in [0.2, 0.25) is 0 Å². The molecule has 2 rings (SSSR count). The van der Waals surface area contributed by atoms with Crippen molar-refractivity contribution in [1.82, 2.24) is 15.1 Å². The van der Waals surface area contributed by atoms with Gasteiger partial charge >= 0.3 is 0 Å². The molecule has 4 heteroatoms. The number of hydrogen-bond donors (Lipinski definition) is 1. The van der Waals surface area contributed by atoms with Crippen LogP contribution in [0.2, 0.25) is 0 Å². The number of nitrogens with zero attached hydrogens (tertiary/aromatic N) is 2. The van der Waals surface area contributed by atoms with Gasteiger partial charge in [-0.05, 0) is 25.6 Å². The molecule has 1 N–H and O–H groups in total. The minimum atomic E-state index is 0.271. The first kappa shape index (κ1) is 11.9. The minimum Gasteiger partial charge on any atom is -0.469 e. The van der Waals surface area contributed by atoms with Gasteiger partial charge in [0.05, 0.1) is 12.0 Å². The summed E-state index contributed by atoms with van der Waals surface area (Å²) in [5.41, 5.74) is 2.28. The molecule has 0 aromatic carbocycles. The van der Waals surface area contributed by atoms with Gasteiger partial charge < -0.3 is 9.73 Å². The van der Waals surface area contributed by atoms with Crippen molar-refractivity contribution in [3.05, 3.63) is 41.6 Å². The van der Waals surface area contributed by atoms with Crippen LogP contribution >= 0.6 is 0 Å². The number of rotatable bonds is 5. The summed E-state index contributed by atoms with van der Waals surface area (Å²) in [5.74, 6) is 0.948. The average Bonchev–Trinajstić information content (AvgIpc) is 2.87. The third-order valence-electron chi connectivity index (χ3n) is 2.79. The molecule has 2 aromatic rings. The summed E-state index contributed by atoms with van der Waals surface area (Å²) in [6.07, 6.45) is 4.68. The van der Waals surface area contributed by atoms with Crippen LogP contribution in [0.15, 0.2) is 29.0 Å². The van der Waals surface area contributed by atoms with Gasteiger partial charge in [0.1, 0.15) is 5.76 Å². The van der Waals surface area contributed by atoms with Crippen molar-refractivity contribution >= 4 is 0 Å². The Hall–Kier alpha value is -1.55. The van der Waals surface area contributed by atoms with Crippen LogP contribution in [-0.2, 0) is 13.5 Å². The molecular weight excluding hydrogens is 214 g/mol. The molecule has 0 aliphatic carbocycles. The number of aromatic nitrogens is 2. The lowest BCUT2D eigenvalue weighted by Crippen LogP contribution is -2.22. The molecule has 17 heavy (non-hydrogen) atoms. The molecule has 1 unspecified atom stereocenters. The van der Waals surface area contributed by atoms with Gasteiger partial charge in [-0.15, -0.1) is 0 Å². The molecule has 2 aromatic heterocycles. The molecule has 1 atom stereocenters. The lowest BCUT2D eigenvalue weighted by Gasteiger charge is -2.14. The predicted octanol–water partition coefficient (Wildman–Crippen LogP) is 2.21. The second kappa shape index (κ2) is 5.19. The largest absolute Gasteiger partial charge is 0.469 e. The lowest BCUT2D eigenvalue weighted by atomic mass is 10.0. The van der Waals surface area contributed by atoms with Crippen molar-refractivity contribution in [2.75, 3.05) is 6.54 Å². The first-order valence-electron chi connectivity index (χ1n) is 5.96. The summed E-state index contributed by atoms with van der Waals surface area (Å²) in [6, 6.07) is 4.40. The Balaban J connectivity index is 2.12. The maximum atomic E-state index is 5.37. The molecular formula is C13H19N3O. The Bertz CT molecular complexity index is 472. The van der Waals surface area contributed by atoms with Gasteiger partial charge in [0, 0.05) is 31.3 Å². The number of aryl methyl sites for hydroxylation is 2. The van der Waals surface area contributed by atoms with Crippen LogP contribution in [0.5, 0.6) is 0 Å². The summed E-state index contributed by atoms with van der Waals surface area (Å²) in [7, 11) is 1.94. The van der Waals surface area contributed by atoms with E-state index in [1.165, 1.54) is 5.56 Å². The van der Waals surface area contributed by atoms with Gasteiger partial charge in [-0.1, -0.05) is 6.92 Å². The van der Waals surface area contributed by atoms with Gasteiger partial charge in [0.25, 0.3) is 0 Å². The SMILES string of the molecule is CCNC(Cc1ccn(C)n1)c1coc(C)c1. The maximum Gasteiger partial charge on any atom is 0.101 e. The lowest BCUT2D eigenvalue weighted by molar-refractivity contribution is 0.508. The molecule has 92 valence electrons. The van der Waals surface area contributed by atoms with E-state index in [2.05, 4.69) is 29.5 Å². The molecule has 0 aliphatic rings. The normalized spacial score (nSPS) is 12.9. The number of nitrogens with one attached hydrogen (secondary N) is 1. The van der Waals surface area contributed by atoms with Gasteiger partial charge in [-0.25, -0.2) is 0 Å². The Morgan fingerprint density at radius 2 is 2.35 bits per heavy atom. The fourth-order valence-corrected chi connectivity index (χ4v) is 1.98. The van der Waals surface area contributed by atoms with Gasteiger partial charge in [-0.3, -0.25) is 4.68 Å². The highest BCUT2D eigenvalue weighted by atomic mass is 16.3. The molecule has 0 fully saturated rings. The zero-order chi connectivity index (χ0) is 12.3. The summed E-state index contributed by atoms with van der Waals surface area (Å²) in [4.78, 5) is 0. The first-order chi connectivity index (χ1) is 8.19. The Kier molecular flexibility index (Phi) is 3.64. The summed E-state index contributed by atoms with van der Waals surface area (Å²) in [6.45, 7) is 5.01. The molecule has 0 spiro atoms. The highest BCUT2D eigenvalue weighted by Gasteiger charge is 2.14. The molecule has 0 radical (unpaired) electrons. The van der Waals surface area contributed by atoms with Crippen molar-refractivity contribution < 1.29 is 4.42 Å². The topological polar surface area (TPSA) is 43.0 Å². The second-order valence-corrected chi connectivity index (χ2v) is 4.29. The highest BCUT2D eigenvalue weighted by molar-refractivity contribution is 5.18. The van der Waals surface area contributed by atoms with Crippen molar-refractivity contribution in [3.63, 3.8) is 0 Å². The first-order valence-corrected chi connectivity index (χ1v) is 5.96. The van der Waals surface area contributed by atoms with E-state index in [-0.39, 0.29) is 6.04 Å².